The molecule has 1 fully saturated rings. The van der Waals surface area contributed by atoms with Gasteiger partial charge in [0.1, 0.15) is 5.52 Å². The lowest BCUT2D eigenvalue weighted by atomic mass is 10.4. The van der Waals surface area contributed by atoms with Gasteiger partial charge in [0.05, 0.1) is 5.52 Å². The van der Waals surface area contributed by atoms with Crippen LogP contribution in [0.25, 0.3) is 11.0 Å². The molecule has 4 nitrogen and oxygen atoms in total. The first-order chi connectivity index (χ1) is 6.92. The Balaban J connectivity index is 1.81. The van der Waals surface area contributed by atoms with Gasteiger partial charge in [-0.1, -0.05) is 0 Å². The topological polar surface area (TPSA) is 53.6 Å². The lowest BCUT2D eigenvalue weighted by Gasteiger charge is -2.02. The van der Waals surface area contributed by atoms with Crippen LogP contribution in [0.1, 0.15) is 12.8 Å². The normalized spacial score (nSPS) is 16.0. The Bertz CT molecular complexity index is 444. The Morgan fingerprint density at radius 1 is 1.43 bits per heavy atom. The van der Waals surface area contributed by atoms with E-state index in [1.165, 1.54) is 12.8 Å². The molecule has 4 heteroatoms. The maximum absolute atomic E-state index is 4.10. The van der Waals surface area contributed by atoms with Crippen molar-refractivity contribution < 1.29 is 0 Å². The summed E-state index contributed by atoms with van der Waals surface area (Å²) >= 11 is 0. The van der Waals surface area contributed by atoms with Crippen molar-refractivity contribution in [3.63, 3.8) is 0 Å². The van der Waals surface area contributed by atoms with Gasteiger partial charge in [-0.2, -0.15) is 0 Å². The number of hydrogen-bond acceptors (Lipinski definition) is 3. The zero-order chi connectivity index (χ0) is 9.38. The highest BCUT2D eigenvalue weighted by atomic mass is 15.2. The summed E-state index contributed by atoms with van der Waals surface area (Å²) in [4.78, 5) is 3.12. The van der Waals surface area contributed by atoms with Gasteiger partial charge in [0, 0.05) is 18.8 Å². The molecular formula is C10H12N4. The molecule has 0 aliphatic heterocycles. The predicted molar refractivity (Wildman–Crippen MR) is 55.1 cm³/mol. The Morgan fingerprint density at radius 2 is 2.36 bits per heavy atom. The third-order valence-corrected chi connectivity index (χ3v) is 2.57. The van der Waals surface area contributed by atoms with E-state index in [-0.39, 0.29) is 0 Å². The van der Waals surface area contributed by atoms with Gasteiger partial charge in [-0.15, -0.1) is 10.2 Å². The fraction of sp³-hybridized carbons (Fsp3) is 0.400. The molecule has 14 heavy (non-hydrogen) atoms. The number of fused-ring (bicyclic) bond motifs is 1. The summed E-state index contributed by atoms with van der Waals surface area (Å²) < 4.78 is 0. The monoisotopic (exact) mass is 188 g/mol. The van der Waals surface area contributed by atoms with Gasteiger partial charge in [0.25, 0.3) is 0 Å². The van der Waals surface area contributed by atoms with E-state index >= 15 is 0 Å². The molecule has 2 aromatic rings. The highest BCUT2D eigenvalue weighted by Crippen LogP contribution is 2.28. The number of hydrogen-bond donors (Lipinski definition) is 2. The minimum Gasteiger partial charge on any atom is -0.368 e. The second kappa shape index (κ2) is 2.97. The third-order valence-electron chi connectivity index (χ3n) is 2.57. The summed E-state index contributed by atoms with van der Waals surface area (Å²) in [7, 11) is 0. The minimum atomic E-state index is 0.858. The van der Waals surface area contributed by atoms with Gasteiger partial charge in [-0.3, -0.25) is 0 Å². The summed E-state index contributed by atoms with van der Waals surface area (Å²) in [5.74, 6) is 1.72. The molecule has 0 atom stereocenters. The van der Waals surface area contributed by atoms with E-state index in [0.29, 0.717) is 0 Å². The van der Waals surface area contributed by atoms with Crippen molar-refractivity contribution in [3.8, 4) is 0 Å². The van der Waals surface area contributed by atoms with Gasteiger partial charge < -0.3 is 10.3 Å². The highest BCUT2D eigenvalue weighted by Gasteiger charge is 2.20. The maximum Gasteiger partial charge on any atom is 0.150 e. The van der Waals surface area contributed by atoms with Gasteiger partial charge in [0.15, 0.2) is 5.82 Å². The smallest absolute Gasteiger partial charge is 0.150 e. The standard InChI is InChI=1S/C10H12N4/c1-2-7(1)6-12-10-5-9-8(13-14-10)3-4-11-9/h3-5,7,11H,1-2,6H2,(H,12,14). The minimum absolute atomic E-state index is 0.858. The van der Waals surface area contributed by atoms with Crippen LogP contribution >= 0.6 is 0 Å². The first-order valence-electron chi connectivity index (χ1n) is 4.96. The largest absolute Gasteiger partial charge is 0.368 e. The van der Waals surface area contributed by atoms with Gasteiger partial charge in [-0.25, -0.2) is 0 Å². The molecule has 0 unspecified atom stereocenters. The van der Waals surface area contributed by atoms with E-state index in [1.54, 1.807) is 0 Å². The number of nitrogens with zero attached hydrogens (tertiary/aromatic N) is 2. The second-order valence-corrected chi connectivity index (χ2v) is 3.83. The number of H-pyrrole nitrogens is 1. The van der Waals surface area contributed by atoms with E-state index in [2.05, 4.69) is 20.5 Å². The summed E-state index contributed by atoms with van der Waals surface area (Å²) in [5.41, 5.74) is 1.96. The Kier molecular flexibility index (Phi) is 1.65. The molecule has 0 amide bonds. The molecule has 3 rings (SSSR count). The number of aromatic nitrogens is 3. The van der Waals surface area contributed by atoms with Crippen molar-refractivity contribution in [1.82, 2.24) is 15.2 Å². The highest BCUT2D eigenvalue weighted by molar-refractivity contribution is 5.76. The lowest BCUT2D eigenvalue weighted by Crippen LogP contribution is -2.05. The molecule has 0 aromatic carbocycles. The van der Waals surface area contributed by atoms with Crippen molar-refractivity contribution in [2.75, 3.05) is 11.9 Å². The van der Waals surface area contributed by atoms with Gasteiger partial charge in [-0.05, 0) is 24.8 Å². The number of rotatable bonds is 3. The molecule has 2 N–H and O–H groups in total. The van der Waals surface area contributed by atoms with Crippen molar-refractivity contribution in [2.45, 2.75) is 12.8 Å². The van der Waals surface area contributed by atoms with Gasteiger partial charge >= 0.3 is 0 Å². The van der Waals surface area contributed by atoms with Crippen molar-refractivity contribution >= 4 is 16.9 Å². The first-order valence-corrected chi connectivity index (χ1v) is 4.96. The van der Waals surface area contributed by atoms with Crippen LogP contribution in [0.15, 0.2) is 18.3 Å². The quantitative estimate of drug-likeness (QED) is 0.772. The summed E-state index contributed by atoms with van der Waals surface area (Å²) in [6.07, 6.45) is 4.58. The van der Waals surface area contributed by atoms with Crippen LogP contribution in [0, 0.1) is 5.92 Å². The van der Waals surface area contributed by atoms with Crippen LogP contribution in [-0.2, 0) is 0 Å². The third kappa shape index (κ3) is 1.43. The fourth-order valence-electron chi connectivity index (χ4n) is 1.51. The van der Waals surface area contributed by atoms with Crippen LogP contribution in [-0.4, -0.2) is 21.7 Å². The van der Waals surface area contributed by atoms with E-state index < -0.39 is 0 Å². The molecule has 72 valence electrons. The van der Waals surface area contributed by atoms with E-state index in [1.807, 2.05) is 18.3 Å². The Morgan fingerprint density at radius 3 is 3.21 bits per heavy atom. The van der Waals surface area contributed by atoms with Crippen molar-refractivity contribution in [3.05, 3.63) is 18.3 Å². The SMILES string of the molecule is c1cc2nnc(NCC3CC3)cc2[nH]1. The molecular weight excluding hydrogens is 176 g/mol. The van der Waals surface area contributed by atoms with Gasteiger partial charge in [0.2, 0.25) is 0 Å². The van der Waals surface area contributed by atoms with E-state index in [0.717, 1.165) is 29.3 Å². The second-order valence-electron chi connectivity index (χ2n) is 3.83. The molecule has 2 aromatic heterocycles. The molecule has 1 saturated carbocycles. The predicted octanol–water partition coefficient (Wildman–Crippen LogP) is 1.78. The van der Waals surface area contributed by atoms with E-state index in [4.69, 9.17) is 0 Å². The summed E-state index contributed by atoms with van der Waals surface area (Å²) in [5, 5.41) is 11.5. The van der Waals surface area contributed by atoms with Crippen LogP contribution in [0.3, 0.4) is 0 Å². The molecule has 0 radical (unpaired) electrons. The number of aromatic amines is 1. The molecule has 2 heterocycles. The van der Waals surface area contributed by atoms with Crippen molar-refractivity contribution in [2.24, 2.45) is 5.92 Å². The summed E-state index contributed by atoms with van der Waals surface area (Å²) in [6.45, 7) is 1.03. The Labute approximate surface area is 81.7 Å². The first kappa shape index (κ1) is 7.79. The van der Waals surface area contributed by atoms with Crippen LogP contribution in [0.5, 0.6) is 0 Å². The Hall–Kier alpha value is -1.58. The average Bonchev–Trinajstić information content (AvgIpc) is 2.92. The molecule has 0 saturated heterocycles. The molecule has 1 aliphatic rings. The molecule has 0 spiro atoms. The number of anilines is 1. The van der Waals surface area contributed by atoms with E-state index in [9.17, 15) is 0 Å². The fourth-order valence-corrected chi connectivity index (χ4v) is 1.51. The van der Waals surface area contributed by atoms with Crippen LogP contribution < -0.4 is 5.32 Å². The average molecular weight is 188 g/mol. The lowest BCUT2D eigenvalue weighted by molar-refractivity contribution is 0.876. The van der Waals surface area contributed by atoms with Crippen LogP contribution in [0.4, 0.5) is 5.82 Å². The van der Waals surface area contributed by atoms with Crippen LogP contribution in [0.2, 0.25) is 0 Å². The zero-order valence-electron chi connectivity index (χ0n) is 7.83. The maximum atomic E-state index is 4.10. The molecule has 1 aliphatic carbocycles. The summed E-state index contributed by atoms with van der Waals surface area (Å²) in [6, 6.07) is 3.93. The number of nitrogens with one attached hydrogen (secondary N) is 2. The van der Waals surface area contributed by atoms with Crippen molar-refractivity contribution in [1.29, 1.82) is 0 Å². The molecule has 0 bridgehead atoms. The zero-order valence-corrected chi connectivity index (χ0v) is 7.83.